The second-order valence-corrected chi connectivity index (χ2v) is 5.13. The maximum atomic E-state index is 9.29. The van der Waals surface area contributed by atoms with Gasteiger partial charge in [0.2, 0.25) is 0 Å². The highest BCUT2D eigenvalue weighted by atomic mass is 35.5. The molecule has 1 aromatic carbocycles. The molecule has 0 saturated heterocycles. The molecular weight excluding hydrogens is 248 g/mol. The maximum absolute atomic E-state index is 9.29. The highest BCUT2D eigenvalue weighted by molar-refractivity contribution is 6.32. The third-order valence-electron chi connectivity index (χ3n) is 3.68. The van der Waals surface area contributed by atoms with Crippen LogP contribution in [0.15, 0.2) is 18.2 Å². The van der Waals surface area contributed by atoms with Crippen LogP contribution in [0.25, 0.3) is 0 Å². The molecule has 0 heterocycles. The molecule has 1 unspecified atom stereocenters. The second kappa shape index (κ2) is 5.17. The molecule has 1 fully saturated rings. The number of ether oxygens (including phenoxy) is 1. The van der Waals surface area contributed by atoms with Crippen molar-refractivity contribution in [2.24, 2.45) is 11.1 Å². The fraction of sp³-hybridized carbons (Fsp3) is 0.500. The first kappa shape index (κ1) is 13.2. The minimum Gasteiger partial charge on any atom is -0.492 e. The van der Waals surface area contributed by atoms with Crippen molar-refractivity contribution in [3.05, 3.63) is 28.8 Å². The van der Waals surface area contributed by atoms with Gasteiger partial charge in [-0.3, -0.25) is 0 Å². The van der Waals surface area contributed by atoms with Crippen LogP contribution in [0.1, 0.15) is 37.8 Å². The van der Waals surface area contributed by atoms with Gasteiger partial charge in [0.25, 0.3) is 0 Å². The van der Waals surface area contributed by atoms with Gasteiger partial charge in [0.05, 0.1) is 23.1 Å². The molecule has 1 aromatic rings. The zero-order valence-electron chi connectivity index (χ0n) is 10.4. The minimum absolute atomic E-state index is 0.274. The van der Waals surface area contributed by atoms with E-state index in [1.165, 1.54) is 0 Å². The maximum Gasteiger partial charge on any atom is 0.137 e. The van der Waals surface area contributed by atoms with E-state index in [2.05, 4.69) is 6.07 Å². The lowest BCUT2D eigenvalue weighted by Crippen LogP contribution is -2.39. The van der Waals surface area contributed by atoms with Crippen molar-refractivity contribution < 1.29 is 4.74 Å². The van der Waals surface area contributed by atoms with Gasteiger partial charge >= 0.3 is 0 Å². The summed E-state index contributed by atoms with van der Waals surface area (Å²) in [4.78, 5) is 0. The molecule has 2 N–H and O–H groups in total. The molecule has 0 radical (unpaired) electrons. The molecule has 1 aliphatic carbocycles. The van der Waals surface area contributed by atoms with Gasteiger partial charge in [-0.1, -0.05) is 24.1 Å². The van der Waals surface area contributed by atoms with Crippen molar-refractivity contribution in [2.75, 3.05) is 6.61 Å². The zero-order valence-corrected chi connectivity index (χ0v) is 11.2. The van der Waals surface area contributed by atoms with E-state index in [4.69, 9.17) is 22.1 Å². The molecule has 4 heteroatoms. The Hall–Kier alpha value is -1.24. The average Bonchev–Trinajstić information content (AvgIpc) is 2.31. The lowest BCUT2D eigenvalue weighted by atomic mass is 9.64. The van der Waals surface area contributed by atoms with Crippen molar-refractivity contribution >= 4 is 11.6 Å². The molecule has 0 aromatic heterocycles. The van der Waals surface area contributed by atoms with Gasteiger partial charge in [-0.15, -0.1) is 0 Å². The zero-order chi connectivity index (χ0) is 13.2. The summed E-state index contributed by atoms with van der Waals surface area (Å²) in [5.41, 5.74) is 6.72. The van der Waals surface area contributed by atoms with Gasteiger partial charge in [-0.25, -0.2) is 0 Å². The summed E-state index contributed by atoms with van der Waals surface area (Å²) >= 11 is 6.14. The smallest absolute Gasteiger partial charge is 0.137 e. The monoisotopic (exact) mass is 264 g/mol. The molecule has 1 atom stereocenters. The van der Waals surface area contributed by atoms with Crippen molar-refractivity contribution in [2.45, 2.75) is 32.2 Å². The number of rotatable bonds is 4. The highest BCUT2D eigenvalue weighted by Gasteiger charge is 2.43. The molecule has 0 aliphatic heterocycles. The van der Waals surface area contributed by atoms with Gasteiger partial charge in [-0.05, 0) is 37.5 Å². The summed E-state index contributed by atoms with van der Waals surface area (Å²) in [6, 6.07) is 7.64. The third kappa shape index (κ3) is 2.19. The van der Waals surface area contributed by atoms with E-state index >= 15 is 0 Å². The lowest BCUT2D eigenvalue weighted by Gasteiger charge is -2.40. The van der Waals surface area contributed by atoms with Crippen LogP contribution in [-0.4, -0.2) is 6.61 Å². The first-order valence-electron chi connectivity index (χ1n) is 6.22. The summed E-state index contributed by atoms with van der Waals surface area (Å²) in [5, 5.41) is 9.84. The molecule has 2 rings (SSSR count). The number of hydrogen-bond donors (Lipinski definition) is 1. The Balaban J connectivity index is 2.24. The highest BCUT2D eigenvalue weighted by Crippen LogP contribution is 2.49. The summed E-state index contributed by atoms with van der Waals surface area (Å²) in [5.74, 6) is 0.662. The van der Waals surface area contributed by atoms with Gasteiger partial charge in [-0.2, -0.15) is 5.26 Å². The van der Waals surface area contributed by atoms with E-state index < -0.39 is 5.41 Å². The Labute approximate surface area is 112 Å². The number of hydrogen-bond acceptors (Lipinski definition) is 3. The Morgan fingerprint density at radius 1 is 1.56 bits per heavy atom. The lowest BCUT2D eigenvalue weighted by molar-refractivity contribution is 0.169. The van der Waals surface area contributed by atoms with Gasteiger partial charge in [0.15, 0.2) is 0 Å². The van der Waals surface area contributed by atoms with Crippen LogP contribution in [0.5, 0.6) is 5.75 Å². The molecular formula is C14H17ClN2O. The fourth-order valence-corrected chi connectivity index (χ4v) is 2.60. The molecule has 96 valence electrons. The standard InChI is InChI=1S/C14H17ClN2O/c1-2-18-12-5-4-10(8-11(12)15)13(17)14(9-16)6-3-7-14/h4-5,8,13H,2-3,6-7,17H2,1H3. The number of halogens is 1. The van der Waals surface area contributed by atoms with Gasteiger partial charge in [0.1, 0.15) is 5.75 Å². The van der Waals surface area contributed by atoms with Crippen LogP contribution < -0.4 is 10.5 Å². The van der Waals surface area contributed by atoms with Crippen LogP contribution in [0, 0.1) is 16.7 Å². The number of nitrogens with two attached hydrogens (primary N) is 1. The fourth-order valence-electron chi connectivity index (χ4n) is 2.35. The summed E-state index contributed by atoms with van der Waals surface area (Å²) in [6.07, 6.45) is 2.82. The van der Waals surface area contributed by atoms with E-state index in [1.807, 2.05) is 25.1 Å². The van der Waals surface area contributed by atoms with Crippen LogP contribution in [0.4, 0.5) is 0 Å². The molecule has 1 saturated carbocycles. The second-order valence-electron chi connectivity index (χ2n) is 4.72. The largest absolute Gasteiger partial charge is 0.492 e. The Morgan fingerprint density at radius 3 is 2.72 bits per heavy atom. The number of benzene rings is 1. The molecule has 1 aliphatic rings. The van der Waals surface area contributed by atoms with Crippen LogP contribution in [-0.2, 0) is 0 Å². The first-order chi connectivity index (χ1) is 8.63. The van der Waals surface area contributed by atoms with Crippen LogP contribution in [0.3, 0.4) is 0 Å². The van der Waals surface area contributed by atoms with E-state index in [0.717, 1.165) is 24.8 Å². The number of nitrogens with zero attached hydrogens (tertiary/aromatic N) is 1. The van der Waals surface area contributed by atoms with Crippen LogP contribution in [0.2, 0.25) is 5.02 Å². The Bertz CT molecular complexity index is 477. The molecule has 0 spiro atoms. The summed E-state index contributed by atoms with van der Waals surface area (Å²) in [6.45, 7) is 2.49. The summed E-state index contributed by atoms with van der Waals surface area (Å²) < 4.78 is 5.39. The summed E-state index contributed by atoms with van der Waals surface area (Å²) in [7, 11) is 0. The topological polar surface area (TPSA) is 59.0 Å². The average molecular weight is 265 g/mol. The minimum atomic E-state index is -0.406. The van der Waals surface area contributed by atoms with Crippen molar-refractivity contribution in [3.8, 4) is 11.8 Å². The first-order valence-corrected chi connectivity index (χ1v) is 6.60. The van der Waals surface area contributed by atoms with Crippen molar-refractivity contribution in [3.63, 3.8) is 0 Å². The van der Waals surface area contributed by atoms with Gasteiger partial charge < -0.3 is 10.5 Å². The Morgan fingerprint density at radius 2 is 2.28 bits per heavy atom. The van der Waals surface area contributed by atoms with E-state index in [-0.39, 0.29) is 6.04 Å². The predicted molar refractivity (Wildman–Crippen MR) is 71.4 cm³/mol. The molecule has 0 bridgehead atoms. The van der Waals surface area contributed by atoms with E-state index in [1.54, 1.807) is 0 Å². The molecule has 18 heavy (non-hydrogen) atoms. The quantitative estimate of drug-likeness (QED) is 0.906. The van der Waals surface area contributed by atoms with Crippen LogP contribution >= 0.6 is 11.6 Å². The number of nitriles is 1. The predicted octanol–water partition coefficient (Wildman–Crippen LogP) is 3.43. The van der Waals surface area contributed by atoms with Crippen molar-refractivity contribution in [1.82, 2.24) is 0 Å². The van der Waals surface area contributed by atoms with Gasteiger partial charge in [0, 0.05) is 6.04 Å². The normalized spacial score (nSPS) is 18.6. The molecule has 3 nitrogen and oxygen atoms in total. The SMILES string of the molecule is CCOc1ccc(C(N)C2(C#N)CCC2)cc1Cl. The van der Waals surface area contributed by atoms with E-state index in [9.17, 15) is 5.26 Å². The Kier molecular flexibility index (Phi) is 3.79. The third-order valence-corrected chi connectivity index (χ3v) is 3.97. The molecule has 0 amide bonds. The van der Waals surface area contributed by atoms with E-state index in [0.29, 0.717) is 17.4 Å². The van der Waals surface area contributed by atoms with Crippen molar-refractivity contribution in [1.29, 1.82) is 5.26 Å².